The molecule has 120 valence electrons. The lowest BCUT2D eigenvalue weighted by Gasteiger charge is -2.24. The Hall–Kier alpha value is -2.41. The van der Waals surface area contributed by atoms with Crippen LogP contribution in [0.2, 0.25) is 0 Å². The normalized spacial score (nSPS) is 23.5. The third-order valence-corrected chi connectivity index (χ3v) is 3.86. The molecule has 1 amide bonds. The maximum atomic E-state index is 12.3. The van der Waals surface area contributed by atoms with Gasteiger partial charge in [-0.15, -0.1) is 0 Å². The number of aryl methyl sites for hydroxylation is 1. The number of hydrogen-bond donors (Lipinski definition) is 5. The number of nitrogens with one attached hydrogen (secondary N) is 4. The Kier molecular flexibility index (Phi) is 4.57. The molecule has 3 atom stereocenters. The Morgan fingerprint density at radius 2 is 1.74 bits per heavy atom. The number of amides is 1. The zero-order valence-corrected chi connectivity index (χ0v) is 12.9. The van der Waals surface area contributed by atoms with Crippen LogP contribution in [0.4, 0.5) is 5.69 Å². The van der Waals surface area contributed by atoms with Crippen LogP contribution in [-0.2, 0) is 0 Å². The van der Waals surface area contributed by atoms with E-state index < -0.39 is 0 Å². The highest BCUT2D eigenvalue weighted by Crippen LogP contribution is 2.13. The Morgan fingerprint density at radius 3 is 2.43 bits per heavy atom. The number of carbonyl (C=O) groups excluding carboxylic acids is 1. The molecule has 0 radical (unpaired) electrons. The van der Waals surface area contributed by atoms with E-state index >= 15 is 0 Å². The minimum atomic E-state index is -0.384. The van der Waals surface area contributed by atoms with Crippen LogP contribution in [-0.4, -0.2) is 24.3 Å². The first-order chi connectivity index (χ1) is 11.1. The lowest BCUT2D eigenvalue weighted by Crippen LogP contribution is -2.53. The largest absolute Gasteiger partial charge is 0.367 e. The summed E-state index contributed by atoms with van der Waals surface area (Å²) in [5.41, 5.74) is 14.8. The van der Waals surface area contributed by atoms with Crippen LogP contribution in [0.25, 0.3) is 0 Å². The fourth-order valence-corrected chi connectivity index (χ4v) is 2.53. The molecule has 0 bridgehead atoms. The first-order valence-corrected chi connectivity index (χ1v) is 7.59. The van der Waals surface area contributed by atoms with Crippen molar-refractivity contribution >= 4 is 11.6 Å². The quantitative estimate of drug-likeness (QED) is 0.579. The van der Waals surface area contributed by atoms with Gasteiger partial charge in [-0.1, -0.05) is 35.9 Å². The number of benzene rings is 2. The molecule has 2 aromatic carbocycles. The summed E-state index contributed by atoms with van der Waals surface area (Å²) in [6, 6.07) is 16.9. The summed E-state index contributed by atoms with van der Waals surface area (Å²) in [7, 11) is 0. The Labute approximate surface area is 135 Å². The number of carbonyl (C=O) groups is 1. The van der Waals surface area contributed by atoms with Crippen molar-refractivity contribution in [3.05, 3.63) is 65.7 Å². The van der Waals surface area contributed by atoms with Gasteiger partial charge in [0, 0.05) is 11.3 Å². The summed E-state index contributed by atoms with van der Waals surface area (Å²) >= 11 is 0. The van der Waals surface area contributed by atoms with Gasteiger partial charge in [0.1, 0.15) is 6.17 Å². The lowest BCUT2D eigenvalue weighted by atomic mass is 10.1. The maximum absolute atomic E-state index is 12.3. The minimum Gasteiger partial charge on any atom is -0.367 e. The molecular weight excluding hydrogens is 290 g/mol. The highest BCUT2D eigenvalue weighted by Gasteiger charge is 2.34. The fourth-order valence-electron chi connectivity index (χ4n) is 2.53. The van der Waals surface area contributed by atoms with Gasteiger partial charge in [-0.25, -0.2) is 10.9 Å². The van der Waals surface area contributed by atoms with Crippen molar-refractivity contribution in [3.63, 3.8) is 0 Å². The second-order valence-corrected chi connectivity index (χ2v) is 5.67. The van der Waals surface area contributed by atoms with Gasteiger partial charge in [0.15, 0.2) is 0 Å². The second kappa shape index (κ2) is 6.78. The van der Waals surface area contributed by atoms with E-state index in [1.807, 2.05) is 49.4 Å². The molecule has 0 aromatic heterocycles. The first-order valence-electron chi connectivity index (χ1n) is 7.59. The van der Waals surface area contributed by atoms with E-state index in [0.717, 1.165) is 5.69 Å². The van der Waals surface area contributed by atoms with Gasteiger partial charge in [0.2, 0.25) is 0 Å². The van der Waals surface area contributed by atoms with E-state index in [1.54, 1.807) is 12.1 Å². The summed E-state index contributed by atoms with van der Waals surface area (Å²) in [6.07, 6.45) is -0.592. The third kappa shape index (κ3) is 3.68. The zero-order valence-electron chi connectivity index (χ0n) is 12.9. The molecule has 6 heteroatoms. The van der Waals surface area contributed by atoms with Gasteiger partial charge in [-0.2, -0.15) is 0 Å². The van der Waals surface area contributed by atoms with Gasteiger partial charge in [0.25, 0.3) is 5.91 Å². The standard InChI is InChI=1S/C17H21N5O/c1-11-7-9-13(10-8-11)19-16-14(15(18)21-22-16)20-17(23)12-5-3-2-4-6-12/h2-10,14-16,19,21-22H,18H2,1H3,(H,20,23). The van der Waals surface area contributed by atoms with Crippen LogP contribution >= 0.6 is 0 Å². The van der Waals surface area contributed by atoms with Crippen LogP contribution in [0.5, 0.6) is 0 Å². The van der Waals surface area contributed by atoms with Gasteiger partial charge < -0.3 is 16.4 Å². The van der Waals surface area contributed by atoms with E-state index in [1.165, 1.54) is 5.56 Å². The summed E-state index contributed by atoms with van der Waals surface area (Å²) in [5, 5.41) is 6.31. The summed E-state index contributed by atoms with van der Waals surface area (Å²) in [5.74, 6) is -0.146. The molecule has 1 heterocycles. The summed E-state index contributed by atoms with van der Waals surface area (Å²) < 4.78 is 0. The van der Waals surface area contributed by atoms with Crippen LogP contribution in [0.1, 0.15) is 15.9 Å². The zero-order chi connectivity index (χ0) is 16.2. The van der Waals surface area contributed by atoms with Gasteiger partial charge >= 0.3 is 0 Å². The number of hydrogen-bond acceptors (Lipinski definition) is 5. The third-order valence-electron chi connectivity index (χ3n) is 3.86. The van der Waals surface area contributed by atoms with Crippen LogP contribution in [0.15, 0.2) is 54.6 Å². The second-order valence-electron chi connectivity index (χ2n) is 5.67. The topological polar surface area (TPSA) is 91.2 Å². The fraction of sp³-hybridized carbons (Fsp3) is 0.235. The molecule has 1 aliphatic rings. The Morgan fingerprint density at radius 1 is 1.04 bits per heavy atom. The summed E-state index contributed by atoms with van der Waals surface area (Å²) in [6.45, 7) is 2.04. The van der Waals surface area contributed by atoms with Gasteiger partial charge in [-0.3, -0.25) is 4.79 Å². The number of rotatable bonds is 4. The van der Waals surface area contributed by atoms with E-state index in [0.29, 0.717) is 5.56 Å². The van der Waals surface area contributed by atoms with Crippen LogP contribution in [0.3, 0.4) is 0 Å². The summed E-state index contributed by atoms with van der Waals surface area (Å²) in [4.78, 5) is 12.3. The predicted molar refractivity (Wildman–Crippen MR) is 90.5 cm³/mol. The van der Waals surface area contributed by atoms with Crippen LogP contribution < -0.4 is 27.2 Å². The van der Waals surface area contributed by atoms with Crippen molar-refractivity contribution < 1.29 is 4.79 Å². The molecule has 1 fully saturated rings. The predicted octanol–water partition coefficient (Wildman–Crippen LogP) is 0.924. The molecule has 3 unspecified atom stereocenters. The maximum Gasteiger partial charge on any atom is 0.251 e. The van der Waals surface area contributed by atoms with Gasteiger partial charge in [-0.05, 0) is 31.2 Å². The number of hydrazine groups is 1. The SMILES string of the molecule is Cc1ccc(NC2NNC(N)C2NC(=O)c2ccccc2)cc1. The Bertz CT molecular complexity index is 658. The van der Waals surface area contributed by atoms with E-state index in [2.05, 4.69) is 21.5 Å². The van der Waals surface area contributed by atoms with E-state index in [9.17, 15) is 4.79 Å². The average molecular weight is 311 g/mol. The van der Waals surface area contributed by atoms with E-state index in [4.69, 9.17) is 5.73 Å². The molecule has 6 nitrogen and oxygen atoms in total. The Balaban J connectivity index is 1.68. The van der Waals surface area contributed by atoms with Crippen molar-refractivity contribution in [1.29, 1.82) is 0 Å². The molecule has 0 aliphatic carbocycles. The molecule has 3 rings (SSSR count). The lowest BCUT2D eigenvalue weighted by molar-refractivity contribution is 0.0931. The van der Waals surface area contributed by atoms with Crippen molar-refractivity contribution in [2.75, 3.05) is 5.32 Å². The number of nitrogens with two attached hydrogens (primary N) is 1. The minimum absolute atomic E-state index is 0.146. The van der Waals surface area contributed by atoms with Crippen molar-refractivity contribution in [3.8, 4) is 0 Å². The van der Waals surface area contributed by atoms with Crippen molar-refractivity contribution in [2.45, 2.75) is 25.3 Å². The molecule has 1 saturated heterocycles. The molecule has 1 aliphatic heterocycles. The highest BCUT2D eigenvalue weighted by atomic mass is 16.1. The molecule has 23 heavy (non-hydrogen) atoms. The average Bonchev–Trinajstić information content (AvgIpc) is 2.91. The highest BCUT2D eigenvalue weighted by molar-refractivity contribution is 5.94. The van der Waals surface area contributed by atoms with Crippen molar-refractivity contribution in [2.24, 2.45) is 5.73 Å². The molecule has 0 saturated carbocycles. The van der Waals surface area contributed by atoms with Crippen LogP contribution in [0, 0.1) is 6.92 Å². The first kappa shape index (κ1) is 15.5. The smallest absolute Gasteiger partial charge is 0.251 e. The van der Waals surface area contributed by atoms with Crippen molar-refractivity contribution in [1.82, 2.24) is 16.2 Å². The van der Waals surface area contributed by atoms with E-state index in [-0.39, 0.29) is 24.3 Å². The van der Waals surface area contributed by atoms with Gasteiger partial charge in [0.05, 0.1) is 12.2 Å². The monoisotopic (exact) mass is 311 g/mol. The molecule has 2 aromatic rings. The molecular formula is C17H21N5O. The molecule has 6 N–H and O–H groups in total. The number of anilines is 1. The molecule has 0 spiro atoms.